The van der Waals surface area contributed by atoms with E-state index < -0.39 is 7.26 Å². The van der Waals surface area contributed by atoms with Crippen LogP contribution in [0.5, 0.6) is 0 Å². The average Bonchev–Trinajstić information content (AvgIpc) is 3.78. The molecule has 219 valence electrons. The molecular formula is C37H31N2OOsPS2+. The van der Waals surface area contributed by atoms with Crippen LogP contribution < -0.4 is 15.9 Å². The van der Waals surface area contributed by atoms with Gasteiger partial charge in [-0.15, -0.1) is 0 Å². The summed E-state index contributed by atoms with van der Waals surface area (Å²) in [5, 5.41) is 7.00. The Balaban J connectivity index is 1.64. The summed E-state index contributed by atoms with van der Waals surface area (Å²) in [6.45, 7) is 5.32. The second-order valence-electron chi connectivity index (χ2n) is 10.1. The first kappa shape index (κ1) is 30.7. The molecule has 5 aromatic rings. The molecule has 0 radical (unpaired) electrons. The van der Waals surface area contributed by atoms with Gasteiger partial charge in [0.15, 0.2) is 0 Å². The Kier molecular flexibility index (Phi) is 9.90. The molecule has 0 amide bonds. The number of hydrogen-bond acceptors (Lipinski definition) is 5. The van der Waals surface area contributed by atoms with E-state index in [-0.39, 0.29) is 0 Å². The van der Waals surface area contributed by atoms with Crippen LogP contribution in [0.2, 0.25) is 0 Å². The second-order valence-corrected chi connectivity index (χ2v) is 16.1. The maximum absolute atomic E-state index is 5.92. The van der Waals surface area contributed by atoms with Crippen molar-refractivity contribution in [3.8, 4) is 4.37 Å². The molecule has 6 rings (SSSR count). The first-order valence-corrected chi connectivity index (χ1v) is 19.0. The number of ether oxygens (including phenoxy) is 1. The van der Waals surface area contributed by atoms with Gasteiger partial charge in [-0.3, -0.25) is 0 Å². The molecule has 0 spiro atoms. The summed E-state index contributed by atoms with van der Waals surface area (Å²) in [4.78, 5) is 11.6. The first-order valence-electron chi connectivity index (χ1n) is 14.4. The predicted molar refractivity (Wildman–Crippen MR) is 188 cm³/mol. The molecular weight excluding hydrogens is 774 g/mol. The van der Waals surface area contributed by atoms with Gasteiger partial charge in [0, 0.05) is 0 Å². The van der Waals surface area contributed by atoms with Gasteiger partial charge in [-0.2, -0.15) is 0 Å². The number of benzene rings is 3. The Morgan fingerprint density at radius 3 is 1.73 bits per heavy atom. The van der Waals surface area contributed by atoms with Gasteiger partial charge in [0.1, 0.15) is 0 Å². The van der Waals surface area contributed by atoms with Crippen molar-refractivity contribution in [3.63, 3.8) is 0 Å². The summed E-state index contributed by atoms with van der Waals surface area (Å²) in [6.07, 6.45) is 12.9. The molecule has 7 heteroatoms. The third-order valence-electron chi connectivity index (χ3n) is 7.45. The van der Waals surface area contributed by atoms with E-state index in [4.69, 9.17) is 14.7 Å². The molecule has 1 saturated heterocycles. The molecule has 0 saturated carbocycles. The van der Waals surface area contributed by atoms with Crippen molar-refractivity contribution in [2.75, 3.05) is 13.2 Å². The molecule has 0 bridgehead atoms. The van der Waals surface area contributed by atoms with E-state index in [1.54, 1.807) is 40.6 Å². The normalized spacial score (nSPS) is 16.4. The first-order chi connectivity index (χ1) is 21.7. The summed E-state index contributed by atoms with van der Waals surface area (Å²) in [6, 6.07) is 32.9. The summed E-state index contributed by atoms with van der Waals surface area (Å²) in [7, 11) is -2.37. The second kappa shape index (κ2) is 14.2. The minimum absolute atomic E-state index is 0.592. The number of fused-ring (bicyclic) bond motifs is 1. The van der Waals surface area contributed by atoms with E-state index in [1.807, 2.05) is 19.1 Å². The van der Waals surface area contributed by atoms with Gasteiger partial charge in [0.2, 0.25) is 0 Å². The van der Waals surface area contributed by atoms with Crippen molar-refractivity contribution in [3.05, 3.63) is 147 Å². The van der Waals surface area contributed by atoms with Crippen molar-refractivity contribution in [1.82, 2.24) is 9.97 Å². The fourth-order valence-corrected chi connectivity index (χ4v) is 13.2. The molecule has 1 fully saturated rings. The monoisotopic (exact) mass is 806 g/mol. The van der Waals surface area contributed by atoms with Crippen molar-refractivity contribution in [1.29, 1.82) is 0 Å². The van der Waals surface area contributed by atoms with Crippen molar-refractivity contribution < 1.29 is 22.7 Å². The van der Waals surface area contributed by atoms with Crippen molar-refractivity contribution in [2.24, 2.45) is 0 Å². The molecule has 2 aromatic heterocycles. The molecule has 0 atom stereocenters. The molecule has 0 unspecified atom stereocenters. The van der Waals surface area contributed by atoms with Gasteiger partial charge < -0.3 is 0 Å². The van der Waals surface area contributed by atoms with Gasteiger partial charge in [0.25, 0.3) is 0 Å². The van der Waals surface area contributed by atoms with Gasteiger partial charge in [-0.25, -0.2) is 0 Å². The molecule has 3 aromatic carbocycles. The van der Waals surface area contributed by atoms with E-state index in [0.29, 0.717) is 13.2 Å². The number of aromatic nitrogens is 2. The van der Waals surface area contributed by atoms with Crippen molar-refractivity contribution in [2.45, 2.75) is 13.8 Å². The van der Waals surface area contributed by atoms with Crippen LogP contribution in [0.4, 0.5) is 0 Å². The molecule has 44 heavy (non-hydrogen) atoms. The zero-order valence-electron chi connectivity index (χ0n) is 24.5. The summed E-state index contributed by atoms with van der Waals surface area (Å²) in [5.74, 6) is 0. The van der Waals surface area contributed by atoms with Crippen LogP contribution in [0.25, 0.3) is 21.8 Å². The topological polar surface area (TPSA) is 35.0 Å². The Morgan fingerprint density at radius 1 is 0.750 bits per heavy atom. The van der Waals surface area contributed by atoms with E-state index in [0.717, 1.165) is 25.2 Å². The molecule has 0 N–H and O–H groups in total. The maximum atomic E-state index is 5.92. The molecule has 1 aliphatic heterocycles. The number of hydrogen-bond donors (Lipinski definition) is 0. The zero-order chi connectivity index (χ0) is 30.4. The molecule has 3 nitrogen and oxygen atoms in total. The van der Waals surface area contributed by atoms with Crippen LogP contribution in [-0.4, -0.2) is 23.2 Å². The van der Waals surface area contributed by atoms with Gasteiger partial charge in [-0.05, 0) is 6.92 Å². The van der Waals surface area contributed by atoms with Crippen LogP contribution in [0.1, 0.15) is 23.9 Å². The standard InChI is InChI=1S/C37H31N2OPS2.Os/c1-4-15-34-38-36-37(42-34)39-35(43-36)23-22-29(24-30-26-40-25-28(30)5-2)27(3)41(31-16-9-6-10-17-31,32-18-11-7-12-19-32)33-20-13-8-14-21-33;/h4-24H,25-26H2,1-2H3;/q+1;/b15-4+,23-22+,28-5?,29-27?,30-24?;. The fourth-order valence-electron chi connectivity index (χ4n) is 5.45. The average molecular weight is 805 g/mol. The van der Waals surface area contributed by atoms with E-state index in [1.165, 1.54) is 32.4 Å². The minimum atomic E-state index is -2.37. The van der Waals surface area contributed by atoms with Crippen LogP contribution in [0, 0.1) is 4.37 Å². The van der Waals surface area contributed by atoms with Crippen LogP contribution in [0.3, 0.4) is 0 Å². The van der Waals surface area contributed by atoms with Gasteiger partial charge >= 0.3 is 272 Å². The summed E-state index contributed by atoms with van der Waals surface area (Å²) >= 11 is 5.05. The molecule has 0 aliphatic carbocycles. The van der Waals surface area contributed by atoms with Gasteiger partial charge in [0.05, 0.1) is 0 Å². The Bertz CT molecular complexity index is 1840. The van der Waals surface area contributed by atoms with Gasteiger partial charge in [-0.1, -0.05) is 0 Å². The Hall–Kier alpha value is -3.31. The Labute approximate surface area is 277 Å². The summed E-state index contributed by atoms with van der Waals surface area (Å²) in [5.41, 5.74) is 3.55. The SMILES string of the molecule is CC=C1COCC1=CC(/C=C/c1nc2sc(/C=C/C)nc2s1)=C([C]#[Os])[P+](c1ccccc1)(c1ccccc1)c1ccccc1. The van der Waals surface area contributed by atoms with Crippen molar-refractivity contribution >= 4 is 67.7 Å². The van der Waals surface area contributed by atoms with E-state index in [9.17, 15) is 0 Å². The van der Waals surface area contributed by atoms with E-state index in [2.05, 4.69) is 127 Å². The van der Waals surface area contributed by atoms with E-state index >= 15 is 0 Å². The number of rotatable bonds is 8. The van der Waals surface area contributed by atoms with Crippen LogP contribution in [0.15, 0.2) is 137 Å². The number of thiazole rings is 2. The van der Waals surface area contributed by atoms with Crippen LogP contribution in [-0.2, 0) is 22.7 Å². The van der Waals surface area contributed by atoms with Crippen LogP contribution >= 0.6 is 29.9 Å². The third-order valence-corrected chi connectivity index (χ3v) is 14.8. The molecule has 3 heterocycles. The molecule has 1 aliphatic rings. The Morgan fingerprint density at radius 2 is 1.25 bits per heavy atom. The summed E-state index contributed by atoms with van der Waals surface area (Å²) < 4.78 is 9.71. The quantitative estimate of drug-likeness (QED) is 0.117. The number of nitrogens with zero attached hydrogens (tertiary/aromatic N) is 2. The predicted octanol–water partition coefficient (Wildman–Crippen LogP) is 8.46. The zero-order valence-corrected chi connectivity index (χ0v) is 29.5. The number of allylic oxidation sites excluding steroid dienone is 6. The fraction of sp³-hybridized carbons (Fsp3) is 0.108. The third kappa shape index (κ3) is 6.13.